The van der Waals surface area contributed by atoms with Gasteiger partial charge in [0.15, 0.2) is 0 Å². The highest BCUT2D eigenvalue weighted by atomic mass is 14.5. The number of rotatable bonds is 2. The first-order valence-electron chi connectivity index (χ1n) is 5.67. The Kier molecular flexibility index (Phi) is 2.81. The van der Waals surface area contributed by atoms with E-state index in [-0.39, 0.29) is 0 Å². The molecule has 1 aliphatic carbocycles. The summed E-state index contributed by atoms with van der Waals surface area (Å²) in [4.78, 5) is 0. The lowest BCUT2D eigenvalue weighted by molar-refractivity contribution is 0.306. The third-order valence-corrected chi connectivity index (χ3v) is 2.82. The molecule has 0 aromatic rings. The summed E-state index contributed by atoms with van der Waals surface area (Å²) in [5.74, 6) is 2.08. The van der Waals surface area contributed by atoms with E-state index in [0.717, 1.165) is 11.8 Å². The average Bonchev–Trinajstić information content (AvgIpc) is 2.36. The fraction of sp³-hybridized carbons (Fsp3) is 1.00. The van der Waals surface area contributed by atoms with Crippen molar-refractivity contribution in [3.8, 4) is 0 Å². The highest BCUT2D eigenvalue weighted by Crippen LogP contribution is 2.51. The summed E-state index contributed by atoms with van der Waals surface area (Å²) in [6.45, 7) is 14.2. The molecular formula is C13H26. The van der Waals surface area contributed by atoms with Crippen molar-refractivity contribution in [2.45, 2.75) is 60.8 Å². The maximum Gasteiger partial charge on any atom is -0.0378 e. The van der Waals surface area contributed by atoms with Crippen LogP contribution in [0.3, 0.4) is 0 Å². The summed E-state index contributed by atoms with van der Waals surface area (Å²) in [6.07, 6.45) is 4.34. The smallest absolute Gasteiger partial charge is 0.0378 e. The van der Waals surface area contributed by atoms with Crippen molar-refractivity contribution < 1.29 is 0 Å². The summed E-state index contributed by atoms with van der Waals surface area (Å²) >= 11 is 0. The lowest BCUT2D eigenvalue weighted by Crippen LogP contribution is -2.09. The van der Waals surface area contributed by atoms with Crippen LogP contribution >= 0.6 is 0 Å². The second kappa shape index (κ2) is 3.29. The van der Waals surface area contributed by atoms with Gasteiger partial charge in [0, 0.05) is 0 Å². The maximum atomic E-state index is 2.36. The van der Waals surface area contributed by atoms with Gasteiger partial charge in [0.2, 0.25) is 0 Å². The van der Waals surface area contributed by atoms with E-state index in [1.165, 1.54) is 19.3 Å². The molecule has 0 aliphatic heterocycles. The molecule has 1 fully saturated rings. The molecule has 78 valence electrons. The van der Waals surface area contributed by atoms with Crippen molar-refractivity contribution in [2.75, 3.05) is 0 Å². The number of hydrogen-bond acceptors (Lipinski definition) is 0. The third-order valence-electron chi connectivity index (χ3n) is 2.82. The van der Waals surface area contributed by atoms with E-state index in [2.05, 4.69) is 41.5 Å². The molecule has 0 saturated heterocycles. The molecule has 1 saturated carbocycles. The molecule has 0 unspecified atom stereocenters. The van der Waals surface area contributed by atoms with Crippen molar-refractivity contribution in [1.29, 1.82) is 0 Å². The topological polar surface area (TPSA) is 0 Å². The first-order chi connectivity index (χ1) is 5.67. The molecule has 0 spiro atoms. The molecule has 13 heavy (non-hydrogen) atoms. The summed E-state index contributed by atoms with van der Waals surface area (Å²) < 4.78 is 0. The van der Waals surface area contributed by atoms with E-state index >= 15 is 0 Å². The molecule has 0 radical (unpaired) electrons. The average molecular weight is 182 g/mol. The third kappa shape index (κ3) is 4.69. The zero-order valence-corrected chi connectivity index (χ0v) is 10.3. The fourth-order valence-electron chi connectivity index (χ4n) is 2.38. The standard InChI is InChI=1S/C13H26/c1-12(2,3)8-10-7-11(10)9-13(4,5)6/h10-11H,7-9H2,1-6H3/t10-,11-/m1/s1. The molecule has 2 atom stereocenters. The lowest BCUT2D eigenvalue weighted by Gasteiger charge is -2.20. The minimum atomic E-state index is 0.539. The van der Waals surface area contributed by atoms with Gasteiger partial charge in [-0.15, -0.1) is 0 Å². The SMILES string of the molecule is CC(C)(C)C[C@H]1C[C@@H]1CC(C)(C)C. The Labute approximate surface area is 84.1 Å². The highest BCUT2D eigenvalue weighted by molar-refractivity contribution is 4.91. The molecule has 0 heterocycles. The fourth-order valence-corrected chi connectivity index (χ4v) is 2.38. The Morgan fingerprint density at radius 2 is 1.08 bits per heavy atom. The van der Waals surface area contributed by atoms with Gasteiger partial charge in [-0.25, -0.2) is 0 Å². The zero-order valence-electron chi connectivity index (χ0n) is 10.3. The van der Waals surface area contributed by atoms with Crippen LogP contribution in [0.25, 0.3) is 0 Å². The van der Waals surface area contributed by atoms with Crippen LogP contribution in [0.5, 0.6) is 0 Å². The quantitative estimate of drug-likeness (QED) is 0.590. The second-order valence-electron chi connectivity index (χ2n) is 7.29. The van der Waals surface area contributed by atoms with E-state index in [1.807, 2.05) is 0 Å². The van der Waals surface area contributed by atoms with Crippen LogP contribution in [0.15, 0.2) is 0 Å². The summed E-state index contributed by atoms with van der Waals surface area (Å²) in [5, 5.41) is 0. The first-order valence-corrected chi connectivity index (χ1v) is 5.67. The minimum absolute atomic E-state index is 0.539. The zero-order chi connectivity index (χ0) is 10.3. The molecule has 0 heteroatoms. The Morgan fingerprint density at radius 1 is 0.769 bits per heavy atom. The Bertz CT molecular complexity index is 145. The normalized spacial score (nSPS) is 29.1. The second-order valence-corrected chi connectivity index (χ2v) is 7.29. The molecule has 0 aromatic carbocycles. The van der Waals surface area contributed by atoms with Crippen molar-refractivity contribution >= 4 is 0 Å². The van der Waals surface area contributed by atoms with E-state index in [9.17, 15) is 0 Å². The Morgan fingerprint density at radius 3 is 1.31 bits per heavy atom. The number of hydrogen-bond donors (Lipinski definition) is 0. The van der Waals surface area contributed by atoms with Crippen LogP contribution in [-0.2, 0) is 0 Å². The lowest BCUT2D eigenvalue weighted by atomic mass is 9.85. The molecular weight excluding hydrogens is 156 g/mol. The van der Waals surface area contributed by atoms with Gasteiger partial charge in [-0.05, 0) is 41.9 Å². The van der Waals surface area contributed by atoms with E-state index in [1.54, 1.807) is 0 Å². The molecule has 0 amide bonds. The molecule has 1 aliphatic rings. The van der Waals surface area contributed by atoms with Gasteiger partial charge in [0.1, 0.15) is 0 Å². The van der Waals surface area contributed by atoms with Crippen LogP contribution in [0.1, 0.15) is 60.8 Å². The Hall–Kier alpha value is 0. The molecule has 0 nitrogen and oxygen atoms in total. The van der Waals surface area contributed by atoms with Crippen molar-refractivity contribution in [3.63, 3.8) is 0 Å². The van der Waals surface area contributed by atoms with Gasteiger partial charge >= 0.3 is 0 Å². The monoisotopic (exact) mass is 182 g/mol. The van der Waals surface area contributed by atoms with Crippen LogP contribution in [0.4, 0.5) is 0 Å². The van der Waals surface area contributed by atoms with Gasteiger partial charge < -0.3 is 0 Å². The first kappa shape index (κ1) is 11.1. The predicted molar refractivity (Wildman–Crippen MR) is 59.7 cm³/mol. The van der Waals surface area contributed by atoms with Crippen LogP contribution in [-0.4, -0.2) is 0 Å². The molecule has 0 N–H and O–H groups in total. The predicted octanol–water partition coefficient (Wildman–Crippen LogP) is 4.49. The van der Waals surface area contributed by atoms with Gasteiger partial charge in [-0.3, -0.25) is 0 Å². The van der Waals surface area contributed by atoms with Crippen LogP contribution < -0.4 is 0 Å². The molecule has 0 bridgehead atoms. The van der Waals surface area contributed by atoms with Crippen molar-refractivity contribution in [3.05, 3.63) is 0 Å². The molecule has 1 rings (SSSR count). The van der Waals surface area contributed by atoms with Crippen molar-refractivity contribution in [2.24, 2.45) is 22.7 Å². The minimum Gasteiger partial charge on any atom is -0.0602 e. The Balaban J connectivity index is 2.24. The highest BCUT2D eigenvalue weighted by Gasteiger charge is 2.40. The van der Waals surface area contributed by atoms with Gasteiger partial charge in [-0.1, -0.05) is 41.5 Å². The van der Waals surface area contributed by atoms with Crippen molar-refractivity contribution in [1.82, 2.24) is 0 Å². The van der Waals surface area contributed by atoms with Crippen LogP contribution in [0, 0.1) is 22.7 Å². The summed E-state index contributed by atoms with van der Waals surface area (Å²) in [7, 11) is 0. The summed E-state index contributed by atoms with van der Waals surface area (Å²) in [5.41, 5.74) is 1.08. The van der Waals surface area contributed by atoms with E-state index in [4.69, 9.17) is 0 Å². The van der Waals surface area contributed by atoms with Crippen LogP contribution in [0.2, 0.25) is 0 Å². The maximum absolute atomic E-state index is 2.36. The van der Waals surface area contributed by atoms with E-state index in [0.29, 0.717) is 10.8 Å². The van der Waals surface area contributed by atoms with Gasteiger partial charge in [0.05, 0.1) is 0 Å². The van der Waals surface area contributed by atoms with Gasteiger partial charge in [-0.2, -0.15) is 0 Å². The summed E-state index contributed by atoms with van der Waals surface area (Å²) in [6, 6.07) is 0. The van der Waals surface area contributed by atoms with Gasteiger partial charge in [0.25, 0.3) is 0 Å². The van der Waals surface area contributed by atoms with E-state index < -0.39 is 0 Å². The molecule has 0 aromatic heterocycles. The largest absolute Gasteiger partial charge is 0.0602 e.